The van der Waals surface area contributed by atoms with Crippen LogP contribution in [0.2, 0.25) is 0 Å². The van der Waals surface area contributed by atoms with E-state index in [-0.39, 0.29) is 0 Å². The second-order valence-electron chi connectivity index (χ2n) is 5.19. The minimum Gasteiger partial charge on any atom is -0.468 e. The molecule has 0 unspecified atom stereocenters. The molecule has 0 bridgehead atoms. The summed E-state index contributed by atoms with van der Waals surface area (Å²) in [5, 5.41) is 5.40. The van der Waals surface area contributed by atoms with Gasteiger partial charge >= 0.3 is 0 Å². The summed E-state index contributed by atoms with van der Waals surface area (Å²) in [6.07, 6.45) is -1.17. The van der Waals surface area contributed by atoms with Crippen molar-refractivity contribution in [1.82, 2.24) is 5.32 Å². The maximum Gasteiger partial charge on any atom is 0.275 e. The molecule has 0 fully saturated rings. The van der Waals surface area contributed by atoms with Gasteiger partial charge in [0.15, 0.2) is 0 Å². The van der Waals surface area contributed by atoms with Crippen LogP contribution >= 0.6 is 0 Å². The third-order valence-electron chi connectivity index (χ3n) is 3.45. The van der Waals surface area contributed by atoms with Gasteiger partial charge in [-0.1, -0.05) is 42.0 Å². The van der Waals surface area contributed by atoms with E-state index in [2.05, 4.69) is 10.6 Å². The highest BCUT2D eigenvalue weighted by Gasteiger charge is 2.33. The van der Waals surface area contributed by atoms with Crippen LogP contribution in [0.25, 0.3) is 0 Å². The SMILES string of the molecule is Cc1ccc(CNC(=O)[C@H]2Oc3ccccc3NC2=O)cc1. The van der Waals surface area contributed by atoms with E-state index in [0.717, 1.165) is 11.1 Å². The lowest BCUT2D eigenvalue weighted by molar-refractivity contribution is -0.137. The number of amides is 2. The van der Waals surface area contributed by atoms with Crippen LogP contribution in [0.1, 0.15) is 11.1 Å². The zero-order valence-electron chi connectivity index (χ0n) is 12.1. The van der Waals surface area contributed by atoms with Crippen LogP contribution in [0.15, 0.2) is 48.5 Å². The zero-order chi connectivity index (χ0) is 15.5. The van der Waals surface area contributed by atoms with Crippen LogP contribution in [0.3, 0.4) is 0 Å². The highest BCUT2D eigenvalue weighted by molar-refractivity contribution is 6.11. The zero-order valence-corrected chi connectivity index (χ0v) is 12.1. The molecule has 1 atom stereocenters. The molecular formula is C17H16N2O3. The van der Waals surface area contributed by atoms with E-state index in [0.29, 0.717) is 18.0 Å². The molecule has 0 spiro atoms. The van der Waals surface area contributed by atoms with Crippen LogP contribution in [-0.4, -0.2) is 17.9 Å². The van der Waals surface area contributed by atoms with Gasteiger partial charge in [-0.15, -0.1) is 0 Å². The molecule has 0 aromatic heterocycles. The smallest absolute Gasteiger partial charge is 0.275 e. The number of carbonyl (C=O) groups is 2. The molecule has 2 aromatic carbocycles. The van der Waals surface area contributed by atoms with Crippen molar-refractivity contribution in [2.45, 2.75) is 19.6 Å². The number of nitrogens with one attached hydrogen (secondary N) is 2. The van der Waals surface area contributed by atoms with Gasteiger partial charge in [-0.3, -0.25) is 9.59 Å². The van der Waals surface area contributed by atoms with Gasteiger partial charge in [0.1, 0.15) is 5.75 Å². The lowest BCUT2D eigenvalue weighted by Crippen LogP contribution is -2.48. The summed E-state index contributed by atoms with van der Waals surface area (Å²) in [7, 11) is 0. The number of para-hydroxylation sites is 2. The first kappa shape index (κ1) is 14.1. The number of fused-ring (bicyclic) bond motifs is 1. The fraction of sp³-hybridized carbons (Fsp3) is 0.176. The molecule has 2 aromatic rings. The van der Waals surface area contributed by atoms with Crippen molar-refractivity contribution in [3.05, 3.63) is 59.7 Å². The Labute approximate surface area is 128 Å². The highest BCUT2D eigenvalue weighted by atomic mass is 16.5. The van der Waals surface area contributed by atoms with Crippen molar-refractivity contribution >= 4 is 17.5 Å². The van der Waals surface area contributed by atoms with Crippen LogP contribution in [0.5, 0.6) is 5.75 Å². The quantitative estimate of drug-likeness (QED) is 0.851. The number of rotatable bonds is 3. The van der Waals surface area contributed by atoms with E-state index >= 15 is 0 Å². The Morgan fingerprint density at radius 1 is 1.18 bits per heavy atom. The Hall–Kier alpha value is -2.82. The molecule has 22 heavy (non-hydrogen) atoms. The lowest BCUT2D eigenvalue weighted by Gasteiger charge is -2.24. The third-order valence-corrected chi connectivity index (χ3v) is 3.45. The lowest BCUT2D eigenvalue weighted by atomic mass is 10.1. The summed E-state index contributed by atoms with van der Waals surface area (Å²) in [5.41, 5.74) is 2.70. The Kier molecular flexibility index (Phi) is 3.78. The number of aryl methyl sites for hydroxylation is 1. The molecule has 1 aliphatic rings. The molecule has 112 valence electrons. The number of ether oxygens (including phenoxy) is 1. The minimum atomic E-state index is -1.17. The predicted octanol–water partition coefficient (Wildman–Crippen LogP) is 2.01. The maximum absolute atomic E-state index is 12.2. The average Bonchev–Trinajstić information content (AvgIpc) is 2.53. The van der Waals surface area contributed by atoms with Crippen molar-refractivity contribution in [3.63, 3.8) is 0 Å². The van der Waals surface area contributed by atoms with E-state index in [1.54, 1.807) is 24.3 Å². The normalized spacial score (nSPS) is 16.2. The molecule has 2 N–H and O–H groups in total. The fourth-order valence-corrected chi connectivity index (χ4v) is 2.21. The standard InChI is InChI=1S/C17H16N2O3/c1-11-6-8-12(9-7-11)10-18-16(20)15-17(21)19-13-4-2-3-5-14(13)22-15/h2-9,15H,10H2,1H3,(H,18,20)(H,19,21)/t15-/m1/s1. The Morgan fingerprint density at radius 2 is 1.91 bits per heavy atom. The second kappa shape index (κ2) is 5.89. The van der Waals surface area contributed by atoms with E-state index in [1.807, 2.05) is 31.2 Å². The van der Waals surface area contributed by atoms with Gasteiger partial charge in [-0.25, -0.2) is 0 Å². The summed E-state index contributed by atoms with van der Waals surface area (Å²) in [6.45, 7) is 2.36. The second-order valence-corrected chi connectivity index (χ2v) is 5.19. The largest absolute Gasteiger partial charge is 0.468 e. The summed E-state index contributed by atoms with van der Waals surface area (Å²) in [5.74, 6) is -0.412. The molecule has 5 heteroatoms. The number of benzene rings is 2. The molecule has 1 heterocycles. The van der Waals surface area contributed by atoms with Crippen molar-refractivity contribution in [2.24, 2.45) is 0 Å². The van der Waals surface area contributed by atoms with Crippen LogP contribution in [-0.2, 0) is 16.1 Å². The van der Waals surface area contributed by atoms with Gasteiger partial charge in [0.25, 0.3) is 17.9 Å². The Balaban J connectivity index is 1.65. The topological polar surface area (TPSA) is 67.4 Å². The van der Waals surface area contributed by atoms with Crippen molar-refractivity contribution in [2.75, 3.05) is 5.32 Å². The van der Waals surface area contributed by atoms with Gasteiger partial charge in [-0.05, 0) is 24.6 Å². The Bertz CT molecular complexity index is 710. The van der Waals surface area contributed by atoms with E-state index < -0.39 is 17.9 Å². The van der Waals surface area contributed by atoms with Gasteiger partial charge in [0, 0.05) is 6.54 Å². The molecule has 0 saturated heterocycles. The summed E-state index contributed by atoms with van der Waals surface area (Å²) < 4.78 is 5.49. The van der Waals surface area contributed by atoms with Gasteiger partial charge in [0.2, 0.25) is 0 Å². The molecule has 0 saturated carbocycles. The average molecular weight is 296 g/mol. The Morgan fingerprint density at radius 3 is 2.68 bits per heavy atom. The summed E-state index contributed by atoms with van der Waals surface area (Å²) in [4.78, 5) is 24.1. The molecular weight excluding hydrogens is 280 g/mol. The van der Waals surface area contributed by atoms with Crippen LogP contribution < -0.4 is 15.4 Å². The van der Waals surface area contributed by atoms with Gasteiger partial charge < -0.3 is 15.4 Å². The molecule has 2 amide bonds. The van der Waals surface area contributed by atoms with Gasteiger partial charge in [0.05, 0.1) is 5.69 Å². The number of anilines is 1. The fourth-order valence-electron chi connectivity index (χ4n) is 2.21. The predicted molar refractivity (Wildman–Crippen MR) is 82.5 cm³/mol. The molecule has 1 aliphatic heterocycles. The summed E-state index contributed by atoms with van der Waals surface area (Å²) >= 11 is 0. The van der Waals surface area contributed by atoms with E-state index in [9.17, 15) is 9.59 Å². The molecule has 5 nitrogen and oxygen atoms in total. The molecule has 3 rings (SSSR count). The number of hydrogen-bond acceptors (Lipinski definition) is 3. The van der Waals surface area contributed by atoms with Gasteiger partial charge in [-0.2, -0.15) is 0 Å². The monoisotopic (exact) mass is 296 g/mol. The maximum atomic E-state index is 12.2. The van der Waals surface area contributed by atoms with E-state index in [1.165, 1.54) is 0 Å². The van der Waals surface area contributed by atoms with Crippen molar-refractivity contribution < 1.29 is 14.3 Å². The first-order valence-corrected chi connectivity index (χ1v) is 7.03. The third kappa shape index (κ3) is 2.93. The van der Waals surface area contributed by atoms with E-state index in [4.69, 9.17) is 4.74 Å². The number of hydrogen-bond donors (Lipinski definition) is 2. The first-order chi connectivity index (χ1) is 10.6. The highest BCUT2D eigenvalue weighted by Crippen LogP contribution is 2.28. The van der Waals surface area contributed by atoms with Crippen molar-refractivity contribution in [1.29, 1.82) is 0 Å². The first-order valence-electron chi connectivity index (χ1n) is 7.03. The molecule has 0 radical (unpaired) electrons. The summed E-state index contributed by atoms with van der Waals surface area (Å²) in [6, 6.07) is 14.9. The molecule has 0 aliphatic carbocycles. The van der Waals surface area contributed by atoms with Crippen LogP contribution in [0, 0.1) is 6.92 Å². The van der Waals surface area contributed by atoms with Crippen LogP contribution in [0.4, 0.5) is 5.69 Å². The minimum absolute atomic E-state index is 0.355. The van der Waals surface area contributed by atoms with Crippen molar-refractivity contribution in [3.8, 4) is 5.75 Å². The number of carbonyl (C=O) groups excluding carboxylic acids is 2.